The normalized spacial score (nSPS) is 13.2. The van der Waals surface area contributed by atoms with Crippen LogP contribution in [0, 0.1) is 13.8 Å². The van der Waals surface area contributed by atoms with Crippen LogP contribution in [-0.4, -0.2) is 46.2 Å². The summed E-state index contributed by atoms with van der Waals surface area (Å²) >= 11 is 0. The standard InChI is InChI=1S/C16H23N3O4S/c1-11-16(12(2)23-18-11)24(20,21)17-10-15(19(3)4)13-7-6-8-14(9-13)22-5/h6-9,15,17H,10H2,1-5H3/t15-/m1/s1. The van der Waals surface area contributed by atoms with Crippen molar-refractivity contribution in [2.75, 3.05) is 27.7 Å². The topological polar surface area (TPSA) is 84.7 Å². The lowest BCUT2D eigenvalue weighted by atomic mass is 10.1. The maximum atomic E-state index is 12.6. The van der Waals surface area contributed by atoms with Crippen LogP contribution in [0.25, 0.3) is 0 Å². The largest absolute Gasteiger partial charge is 0.497 e. The Labute approximate surface area is 142 Å². The first kappa shape index (κ1) is 18.4. The summed E-state index contributed by atoms with van der Waals surface area (Å²) in [5, 5.41) is 3.70. The van der Waals surface area contributed by atoms with E-state index >= 15 is 0 Å². The third-order valence-corrected chi connectivity index (χ3v) is 5.47. The van der Waals surface area contributed by atoms with E-state index in [1.807, 2.05) is 43.3 Å². The third kappa shape index (κ3) is 3.95. The van der Waals surface area contributed by atoms with Crippen molar-refractivity contribution in [2.45, 2.75) is 24.8 Å². The number of aromatic nitrogens is 1. The van der Waals surface area contributed by atoms with Gasteiger partial charge in [0.05, 0.1) is 7.11 Å². The molecule has 1 aromatic carbocycles. The molecule has 0 radical (unpaired) electrons. The van der Waals surface area contributed by atoms with E-state index < -0.39 is 10.0 Å². The molecule has 0 aliphatic heterocycles. The van der Waals surface area contributed by atoms with E-state index in [-0.39, 0.29) is 23.2 Å². The molecule has 2 aromatic rings. The van der Waals surface area contributed by atoms with Crippen molar-refractivity contribution in [1.29, 1.82) is 0 Å². The number of nitrogens with one attached hydrogen (secondary N) is 1. The molecule has 1 aromatic heterocycles. The number of benzene rings is 1. The SMILES string of the molecule is COc1cccc([C@@H](CNS(=O)(=O)c2c(C)noc2C)N(C)C)c1. The van der Waals surface area contributed by atoms with Gasteiger partial charge in [-0.05, 0) is 45.6 Å². The van der Waals surface area contributed by atoms with Gasteiger partial charge in [-0.1, -0.05) is 17.3 Å². The zero-order chi connectivity index (χ0) is 17.9. The van der Waals surface area contributed by atoms with Crippen molar-refractivity contribution in [1.82, 2.24) is 14.8 Å². The van der Waals surface area contributed by atoms with Crippen LogP contribution in [0.2, 0.25) is 0 Å². The van der Waals surface area contributed by atoms with E-state index in [0.717, 1.165) is 11.3 Å². The maximum absolute atomic E-state index is 12.6. The van der Waals surface area contributed by atoms with Crippen molar-refractivity contribution in [3.8, 4) is 5.75 Å². The molecule has 7 nitrogen and oxygen atoms in total. The quantitative estimate of drug-likeness (QED) is 0.818. The fourth-order valence-electron chi connectivity index (χ4n) is 2.57. The zero-order valence-corrected chi connectivity index (χ0v) is 15.3. The van der Waals surface area contributed by atoms with E-state index in [0.29, 0.717) is 5.69 Å². The van der Waals surface area contributed by atoms with Crippen LogP contribution in [-0.2, 0) is 10.0 Å². The molecule has 0 saturated carbocycles. The Bertz CT molecular complexity index is 780. The molecule has 0 fully saturated rings. The molecule has 2 rings (SSSR count). The molecular formula is C16H23N3O4S. The molecule has 1 N–H and O–H groups in total. The van der Waals surface area contributed by atoms with Crippen LogP contribution in [0.1, 0.15) is 23.1 Å². The number of methoxy groups -OCH3 is 1. The van der Waals surface area contributed by atoms with E-state index in [2.05, 4.69) is 9.88 Å². The van der Waals surface area contributed by atoms with E-state index in [4.69, 9.17) is 9.26 Å². The number of rotatable bonds is 7. The van der Waals surface area contributed by atoms with Gasteiger partial charge in [-0.25, -0.2) is 13.1 Å². The number of nitrogens with zero attached hydrogens (tertiary/aromatic N) is 2. The van der Waals surface area contributed by atoms with Gasteiger partial charge in [-0.2, -0.15) is 0 Å². The van der Waals surface area contributed by atoms with E-state index in [1.54, 1.807) is 21.0 Å². The Kier molecular flexibility index (Phi) is 5.63. The summed E-state index contributed by atoms with van der Waals surface area (Å²) < 4.78 is 38.0. The number of hydrogen-bond donors (Lipinski definition) is 1. The summed E-state index contributed by atoms with van der Waals surface area (Å²) in [7, 11) is 1.70. The number of aryl methyl sites for hydroxylation is 2. The molecule has 0 aliphatic rings. The van der Waals surface area contributed by atoms with Gasteiger partial charge in [0.1, 0.15) is 16.3 Å². The summed E-state index contributed by atoms with van der Waals surface area (Å²) in [6.07, 6.45) is 0. The maximum Gasteiger partial charge on any atom is 0.246 e. The molecule has 1 atom stereocenters. The molecular weight excluding hydrogens is 330 g/mol. The highest BCUT2D eigenvalue weighted by Gasteiger charge is 2.26. The predicted octanol–water partition coefficient (Wildman–Crippen LogP) is 1.88. The van der Waals surface area contributed by atoms with Gasteiger partial charge in [0.2, 0.25) is 10.0 Å². The van der Waals surface area contributed by atoms with Gasteiger partial charge in [0.15, 0.2) is 5.76 Å². The predicted molar refractivity (Wildman–Crippen MR) is 90.6 cm³/mol. The molecule has 0 saturated heterocycles. The van der Waals surface area contributed by atoms with Crippen LogP contribution >= 0.6 is 0 Å². The van der Waals surface area contributed by atoms with Gasteiger partial charge >= 0.3 is 0 Å². The average Bonchev–Trinajstić information content (AvgIpc) is 2.87. The number of sulfonamides is 1. The van der Waals surface area contributed by atoms with Crippen LogP contribution in [0.3, 0.4) is 0 Å². The Morgan fingerprint density at radius 3 is 2.58 bits per heavy atom. The van der Waals surface area contributed by atoms with Crippen LogP contribution in [0.4, 0.5) is 0 Å². The summed E-state index contributed by atoms with van der Waals surface area (Å²) in [4.78, 5) is 2.05. The van der Waals surface area contributed by atoms with Crippen molar-refractivity contribution in [3.63, 3.8) is 0 Å². The zero-order valence-electron chi connectivity index (χ0n) is 14.5. The highest BCUT2D eigenvalue weighted by atomic mass is 32.2. The summed E-state index contributed by atoms with van der Waals surface area (Å²) in [5.41, 5.74) is 1.31. The molecule has 8 heteroatoms. The Hall–Kier alpha value is -1.90. The summed E-state index contributed by atoms with van der Waals surface area (Å²) in [6, 6.07) is 7.43. The van der Waals surface area contributed by atoms with Crippen LogP contribution in [0.5, 0.6) is 5.75 Å². The smallest absolute Gasteiger partial charge is 0.246 e. The number of likely N-dealkylation sites (N-methyl/N-ethyl adjacent to an activating group) is 1. The second-order valence-electron chi connectivity index (χ2n) is 5.76. The lowest BCUT2D eigenvalue weighted by molar-refractivity contribution is 0.298. The highest BCUT2D eigenvalue weighted by molar-refractivity contribution is 7.89. The van der Waals surface area contributed by atoms with Crippen molar-refractivity contribution in [3.05, 3.63) is 41.3 Å². The molecule has 24 heavy (non-hydrogen) atoms. The monoisotopic (exact) mass is 353 g/mol. The molecule has 0 amide bonds. The second kappa shape index (κ2) is 7.33. The van der Waals surface area contributed by atoms with Crippen LogP contribution in [0.15, 0.2) is 33.7 Å². The van der Waals surface area contributed by atoms with E-state index in [9.17, 15) is 8.42 Å². The first-order valence-corrected chi connectivity index (χ1v) is 8.97. The molecule has 0 unspecified atom stereocenters. The fraction of sp³-hybridized carbons (Fsp3) is 0.438. The average molecular weight is 353 g/mol. The molecule has 0 spiro atoms. The first-order valence-electron chi connectivity index (χ1n) is 7.49. The minimum atomic E-state index is -3.69. The van der Waals surface area contributed by atoms with Gasteiger partial charge in [-0.15, -0.1) is 0 Å². The van der Waals surface area contributed by atoms with Gasteiger partial charge in [0.25, 0.3) is 0 Å². The van der Waals surface area contributed by atoms with Crippen molar-refractivity contribution < 1.29 is 17.7 Å². The van der Waals surface area contributed by atoms with Gasteiger partial charge in [0, 0.05) is 12.6 Å². The first-order chi connectivity index (χ1) is 11.3. The third-order valence-electron chi connectivity index (χ3n) is 3.81. The van der Waals surface area contributed by atoms with E-state index in [1.165, 1.54) is 0 Å². The Morgan fingerprint density at radius 2 is 2.04 bits per heavy atom. The molecule has 0 aliphatic carbocycles. The lowest BCUT2D eigenvalue weighted by Gasteiger charge is -2.25. The lowest BCUT2D eigenvalue weighted by Crippen LogP contribution is -2.34. The van der Waals surface area contributed by atoms with Crippen molar-refractivity contribution >= 4 is 10.0 Å². The fourth-order valence-corrected chi connectivity index (χ4v) is 3.93. The summed E-state index contributed by atoms with van der Waals surface area (Å²) in [6.45, 7) is 3.41. The molecule has 1 heterocycles. The molecule has 0 bridgehead atoms. The summed E-state index contributed by atoms with van der Waals surface area (Å²) in [5.74, 6) is 1.01. The van der Waals surface area contributed by atoms with Gasteiger partial charge < -0.3 is 14.2 Å². The van der Waals surface area contributed by atoms with Crippen LogP contribution < -0.4 is 9.46 Å². The highest BCUT2D eigenvalue weighted by Crippen LogP contribution is 2.24. The van der Waals surface area contributed by atoms with Crippen molar-refractivity contribution in [2.24, 2.45) is 0 Å². The number of ether oxygens (including phenoxy) is 1. The second-order valence-corrected chi connectivity index (χ2v) is 7.47. The minimum absolute atomic E-state index is 0.102. The minimum Gasteiger partial charge on any atom is -0.497 e. The Morgan fingerprint density at radius 1 is 1.33 bits per heavy atom. The number of hydrogen-bond acceptors (Lipinski definition) is 6. The Balaban J connectivity index is 2.23. The molecule has 132 valence electrons. The van der Waals surface area contributed by atoms with Gasteiger partial charge in [-0.3, -0.25) is 0 Å².